The van der Waals surface area contributed by atoms with Gasteiger partial charge in [0.2, 0.25) is 0 Å². The average molecular weight is 316 g/mol. The molecule has 2 heteroatoms. The van der Waals surface area contributed by atoms with E-state index in [0.717, 1.165) is 16.7 Å². The normalized spacial score (nSPS) is 20.9. The van der Waals surface area contributed by atoms with E-state index in [1.807, 2.05) is 72.8 Å². The zero-order chi connectivity index (χ0) is 16.9. The van der Waals surface area contributed by atoms with Gasteiger partial charge in [0.05, 0.1) is 5.92 Å². The Morgan fingerprint density at radius 1 is 0.958 bits per heavy atom. The molecule has 0 aromatic heterocycles. The first kappa shape index (κ1) is 16.1. The van der Waals surface area contributed by atoms with Crippen LogP contribution in [-0.4, -0.2) is 11.6 Å². The van der Waals surface area contributed by atoms with Crippen LogP contribution in [0.15, 0.2) is 78.4 Å². The van der Waals surface area contributed by atoms with Gasteiger partial charge in [0.25, 0.3) is 0 Å². The molecule has 0 bridgehead atoms. The van der Waals surface area contributed by atoms with Gasteiger partial charge in [-0.05, 0) is 36.1 Å². The maximum absolute atomic E-state index is 12.5. The molecule has 2 aromatic carbocycles. The van der Waals surface area contributed by atoms with Gasteiger partial charge in [0.15, 0.2) is 5.78 Å². The van der Waals surface area contributed by atoms with Crippen LogP contribution in [0.5, 0.6) is 0 Å². The van der Waals surface area contributed by atoms with E-state index in [2.05, 4.69) is 0 Å². The van der Waals surface area contributed by atoms with E-state index in [0.29, 0.717) is 6.42 Å². The molecule has 0 N–H and O–H groups in total. The number of rotatable bonds is 4. The van der Waals surface area contributed by atoms with Crippen molar-refractivity contribution in [3.8, 4) is 0 Å². The van der Waals surface area contributed by atoms with Crippen molar-refractivity contribution in [2.75, 3.05) is 0 Å². The summed E-state index contributed by atoms with van der Waals surface area (Å²) in [5, 5.41) is 0. The van der Waals surface area contributed by atoms with Crippen molar-refractivity contribution in [2.24, 2.45) is 5.92 Å². The Bertz CT molecular complexity index is 785. The zero-order valence-electron chi connectivity index (χ0n) is 13.7. The predicted molar refractivity (Wildman–Crippen MR) is 96.5 cm³/mol. The molecule has 0 spiro atoms. The molecule has 0 amide bonds. The van der Waals surface area contributed by atoms with Crippen molar-refractivity contribution in [3.05, 3.63) is 89.5 Å². The van der Waals surface area contributed by atoms with Crippen molar-refractivity contribution in [3.63, 3.8) is 0 Å². The lowest BCUT2D eigenvalue weighted by Gasteiger charge is -2.28. The van der Waals surface area contributed by atoms with Gasteiger partial charge in [-0.15, -0.1) is 0 Å². The molecule has 0 radical (unpaired) electrons. The van der Waals surface area contributed by atoms with E-state index in [1.165, 1.54) is 6.92 Å². The van der Waals surface area contributed by atoms with E-state index in [-0.39, 0.29) is 17.5 Å². The van der Waals surface area contributed by atoms with Crippen molar-refractivity contribution in [1.29, 1.82) is 0 Å². The van der Waals surface area contributed by atoms with E-state index in [4.69, 9.17) is 0 Å². The highest BCUT2D eigenvalue weighted by Gasteiger charge is 2.35. The third-order valence-electron chi connectivity index (χ3n) is 4.45. The van der Waals surface area contributed by atoms with Crippen LogP contribution in [-0.2, 0) is 9.59 Å². The monoisotopic (exact) mass is 316 g/mol. The Morgan fingerprint density at radius 3 is 2.21 bits per heavy atom. The molecule has 0 fully saturated rings. The summed E-state index contributed by atoms with van der Waals surface area (Å²) < 4.78 is 0. The molecule has 2 aromatic rings. The van der Waals surface area contributed by atoms with Crippen LogP contribution < -0.4 is 0 Å². The smallest absolute Gasteiger partial charge is 0.167 e. The molecule has 120 valence electrons. The fraction of sp³-hybridized carbons (Fsp3) is 0.182. The lowest BCUT2D eigenvalue weighted by Crippen LogP contribution is -2.31. The maximum Gasteiger partial charge on any atom is 0.167 e. The Morgan fingerprint density at radius 2 is 1.58 bits per heavy atom. The van der Waals surface area contributed by atoms with E-state index < -0.39 is 5.92 Å². The minimum Gasteiger partial charge on any atom is -0.299 e. The van der Waals surface area contributed by atoms with Crippen LogP contribution in [0.2, 0.25) is 0 Å². The third-order valence-corrected chi connectivity index (χ3v) is 4.45. The number of hydrogen-bond acceptors (Lipinski definition) is 2. The van der Waals surface area contributed by atoms with Gasteiger partial charge < -0.3 is 0 Å². The maximum atomic E-state index is 12.5. The first-order chi connectivity index (χ1) is 11.6. The van der Waals surface area contributed by atoms with Crippen LogP contribution >= 0.6 is 0 Å². The van der Waals surface area contributed by atoms with Gasteiger partial charge in [0.1, 0.15) is 5.78 Å². The molecular weight excluding hydrogens is 296 g/mol. The topological polar surface area (TPSA) is 34.1 Å². The third kappa shape index (κ3) is 3.60. The van der Waals surface area contributed by atoms with Crippen LogP contribution in [0.4, 0.5) is 0 Å². The molecule has 1 aliphatic carbocycles. The van der Waals surface area contributed by atoms with Crippen LogP contribution in [0.1, 0.15) is 30.4 Å². The standard InChI is InChI=1S/C22H20O2/c1-16(23)22-20(19-10-6-3-7-11-19)14-18(15-21(22)24)13-12-17-8-4-2-5-9-17/h2-13,15,20,22H,14H2,1H3. The molecule has 1 aliphatic rings. The number of hydrogen-bond donors (Lipinski definition) is 0. The Hall–Kier alpha value is -2.74. The number of carbonyl (C=O) groups is 2. The molecule has 0 saturated heterocycles. The van der Waals surface area contributed by atoms with E-state index in [1.54, 1.807) is 6.08 Å². The molecule has 2 atom stereocenters. The van der Waals surface area contributed by atoms with Crippen LogP contribution in [0.25, 0.3) is 6.08 Å². The number of allylic oxidation sites excluding steroid dienone is 3. The van der Waals surface area contributed by atoms with Gasteiger partial charge in [-0.1, -0.05) is 72.8 Å². The molecule has 2 unspecified atom stereocenters. The highest BCUT2D eigenvalue weighted by molar-refractivity contribution is 6.09. The molecule has 3 rings (SSSR count). The number of carbonyl (C=O) groups excluding carboxylic acids is 2. The lowest BCUT2D eigenvalue weighted by atomic mass is 9.73. The van der Waals surface area contributed by atoms with Crippen molar-refractivity contribution < 1.29 is 9.59 Å². The van der Waals surface area contributed by atoms with Gasteiger partial charge in [-0.2, -0.15) is 0 Å². The lowest BCUT2D eigenvalue weighted by molar-refractivity contribution is -0.130. The van der Waals surface area contributed by atoms with Crippen molar-refractivity contribution >= 4 is 17.6 Å². The van der Waals surface area contributed by atoms with Crippen molar-refractivity contribution in [2.45, 2.75) is 19.3 Å². The highest BCUT2D eigenvalue weighted by atomic mass is 16.1. The predicted octanol–water partition coefficient (Wildman–Crippen LogP) is 4.59. The molecule has 0 heterocycles. The number of benzene rings is 2. The quantitative estimate of drug-likeness (QED) is 0.773. The number of Topliss-reactive ketones (excluding diaryl/α,β-unsaturated/α-hetero) is 1. The zero-order valence-corrected chi connectivity index (χ0v) is 13.7. The first-order valence-electron chi connectivity index (χ1n) is 8.18. The minimum absolute atomic E-state index is 0.0591. The minimum atomic E-state index is -0.568. The fourth-order valence-electron chi connectivity index (χ4n) is 3.28. The summed E-state index contributed by atoms with van der Waals surface area (Å²) in [5.74, 6) is -0.801. The Kier molecular flexibility index (Phi) is 4.85. The van der Waals surface area contributed by atoms with Gasteiger partial charge in [-0.3, -0.25) is 9.59 Å². The van der Waals surface area contributed by atoms with Gasteiger partial charge in [-0.25, -0.2) is 0 Å². The van der Waals surface area contributed by atoms with Crippen molar-refractivity contribution in [1.82, 2.24) is 0 Å². The van der Waals surface area contributed by atoms with Gasteiger partial charge in [0, 0.05) is 5.92 Å². The second kappa shape index (κ2) is 7.22. The second-order valence-corrected chi connectivity index (χ2v) is 6.18. The van der Waals surface area contributed by atoms with E-state index in [9.17, 15) is 9.59 Å². The SMILES string of the molecule is CC(=O)C1C(=O)C=C(C=Cc2ccccc2)CC1c1ccccc1. The Balaban J connectivity index is 1.90. The van der Waals surface area contributed by atoms with E-state index >= 15 is 0 Å². The summed E-state index contributed by atoms with van der Waals surface area (Å²) in [6.45, 7) is 1.51. The fourth-order valence-corrected chi connectivity index (χ4v) is 3.28. The largest absolute Gasteiger partial charge is 0.299 e. The summed E-state index contributed by atoms with van der Waals surface area (Å²) in [6, 6.07) is 19.8. The van der Waals surface area contributed by atoms with Crippen LogP contribution in [0, 0.1) is 5.92 Å². The molecule has 2 nitrogen and oxygen atoms in total. The van der Waals surface area contributed by atoms with Crippen LogP contribution in [0.3, 0.4) is 0 Å². The summed E-state index contributed by atoms with van der Waals surface area (Å²) in [7, 11) is 0. The summed E-state index contributed by atoms with van der Waals surface area (Å²) in [6.07, 6.45) is 6.32. The molecular formula is C22H20O2. The average Bonchev–Trinajstić information content (AvgIpc) is 2.60. The Labute approximate surface area is 142 Å². The molecule has 0 aliphatic heterocycles. The summed E-state index contributed by atoms with van der Waals surface area (Å²) in [5.41, 5.74) is 3.11. The number of ketones is 2. The van der Waals surface area contributed by atoms with Gasteiger partial charge >= 0.3 is 0 Å². The second-order valence-electron chi connectivity index (χ2n) is 6.18. The molecule has 0 saturated carbocycles. The first-order valence-corrected chi connectivity index (χ1v) is 8.18. The summed E-state index contributed by atoms with van der Waals surface area (Å²) in [4.78, 5) is 24.5. The molecule has 24 heavy (non-hydrogen) atoms. The summed E-state index contributed by atoms with van der Waals surface area (Å²) >= 11 is 0. The highest BCUT2D eigenvalue weighted by Crippen LogP contribution is 2.37.